The number of carbonyl (C=O) groups excluding carboxylic acids is 1. The van der Waals surface area contributed by atoms with Gasteiger partial charge in [-0.05, 0) is 56.2 Å². The molecule has 1 saturated heterocycles. The number of halogens is 2. The van der Waals surface area contributed by atoms with Gasteiger partial charge in [0, 0.05) is 25.7 Å². The summed E-state index contributed by atoms with van der Waals surface area (Å²) < 4.78 is 26.2. The number of hydrogen-bond acceptors (Lipinski definition) is 3. The summed E-state index contributed by atoms with van der Waals surface area (Å²) in [6.07, 6.45) is 4.49. The van der Waals surface area contributed by atoms with Gasteiger partial charge in [0.1, 0.15) is 5.60 Å². The predicted octanol–water partition coefficient (Wildman–Crippen LogP) is 2.35. The highest BCUT2D eigenvalue weighted by Gasteiger charge is 2.39. The zero-order valence-corrected chi connectivity index (χ0v) is 13.7. The van der Waals surface area contributed by atoms with Crippen LogP contribution in [0.1, 0.15) is 44.1 Å². The van der Waals surface area contributed by atoms with E-state index in [1.165, 1.54) is 6.07 Å². The first kappa shape index (κ1) is 17.3. The van der Waals surface area contributed by atoms with Gasteiger partial charge in [-0.25, -0.2) is 8.78 Å². The van der Waals surface area contributed by atoms with Crippen LogP contribution < -0.4 is 5.32 Å². The molecule has 0 spiro atoms. The number of benzene rings is 1. The minimum atomic E-state index is -1.18. The van der Waals surface area contributed by atoms with Crippen molar-refractivity contribution in [2.24, 2.45) is 0 Å². The predicted molar refractivity (Wildman–Crippen MR) is 86.2 cm³/mol. The quantitative estimate of drug-likeness (QED) is 0.886. The molecule has 2 aliphatic rings. The lowest BCUT2D eigenvalue weighted by Crippen LogP contribution is -2.51. The van der Waals surface area contributed by atoms with Crippen molar-refractivity contribution in [3.05, 3.63) is 35.4 Å². The first-order valence-corrected chi connectivity index (χ1v) is 8.66. The Bertz CT molecular complexity index is 595. The molecule has 1 heterocycles. The average Bonchev–Trinajstić information content (AvgIpc) is 3.01. The number of nitrogens with one attached hydrogen (secondary N) is 1. The first-order chi connectivity index (χ1) is 11.5. The monoisotopic (exact) mass is 338 g/mol. The van der Waals surface area contributed by atoms with Crippen LogP contribution in [0.5, 0.6) is 0 Å². The molecule has 0 unspecified atom stereocenters. The molecule has 1 aromatic carbocycles. The van der Waals surface area contributed by atoms with E-state index in [1.807, 2.05) is 0 Å². The molecule has 0 radical (unpaired) electrons. The van der Waals surface area contributed by atoms with E-state index in [1.54, 1.807) is 6.07 Å². The molecule has 1 aliphatic heterocycles. The summed E-state index contributed by atoms with van der Waals surface area (Å²) in [5.74, 6) is -1.89. The van der Waals surface area contributed by atoms with Crippen molar-refractivity contribution < 1.29 is 18.7 Å². The Morgan fingerprint density at radius 1 is 1.21 bits per heavy atom. The summed E-state index contributed by atoms with van der Waals surface area (Å²) in [6.45, 7) is 2.13. The van der Waals surface area contributed by atoms with Crippen molar-refractivity contribution in [3.8, 4) is 0 Å². The van der Waals surface area contributed by atoms with E-state index >= 15 is 0 Å². The molecule has 0 atom stereocenters. The molecule has 6 heteroatoms. The minimum Gasteiger partial charge on any atom is -0.380 e. The van der Waals surface area contributed by atoms with Gasteiger partial charge in [-0.2, -0.15) is 0 Å². The SMILES string of the molecule is O=C(NC1CCN(Cc2ccc(F)c(F)c2)CC1)C1(O)CCCC1. The van der Waals surface area contributed by atoms with Crippen LogP contribution in [0, 0.1) is 11.6 Å². The Hall–Kier alpha value is -1.53. The number of hydrogen-bond donors (Lipinski definition) is 2. The molecule has 2 fully saturated rings. The molecule has 2 N–H and O–H groups in total. The molecule has 1 amide bonds. The van der Waals surface area contributed by atoms with Gasteiger partial charge in [0.2, 0.25) is 0 Å². The highest BCUT2D eigenvalue weighted by molar-refractivity contribution is 5.85. The lowest BCUT2D eigenvalue weighted by molar-refractivity contribution is -0.140. The third kappa shape index (κ3) is 3.92. The first-order valence-electron chi connectivity index (χ1n) is 8.66. The van der Waals surface area contributed by atoms with Gasteiger partial charge < -0.3 is 10.4 Å². The Morgan fingerprint density at radius 3 is 2.50 bits per heavy atom. The second-order valence-electron chi connectivity index (χ2n) is 7.01. The molecule has 0 bridgehead atoms. The maximum Gasteiger partial charge on any atom is 0.252 e. The van der Waals surface area contributed by atoms with Crippen LogP contribution in [0.3, 0.4) is 0 Å². The van der Waals surface area contributed by atoms with Gasteiger partial charge >= 0.3 is 0 Å². The van der Waals surface area contributed by atoms with Crippen molar-refractivity contribution in [1.29, 1.82) is 0 Å². The van der Waals surface area contributed by atoms with E-state index in [0.717, 1.165) is 50.4 Å². The summed E-state index contributed by atoms with van der Waals surface area (Å²) in [7, 11) is 0. The Kier molecular flexibility index (Phi) is 5.15. The second kappa shape index (κ2) is 7.15. The number of amides is 1. The summed E-state index contributed by atoms with van der Waals surface area (Å²) in [5, 5.41) is 13.3. The third-order valence-corrected chi connectivity index (χ3v) is 5.17. The van der Waals surface area contributed by atoms with Gasteiger partial charge in [-0.1, -0.05) is 6.07 Å². The number of likely N-dealkylation sites (tertiary alicyclic amines) is 1. The van der Waals surface area contributed by atoms with Crippen LogP contribution in [0.4, 0.5) is 8.78 Å². The van der Waals surface area contributed by atoms with Crippen molar-refractivity contribution in [1.82, 2.24) is 10.2 Å². The summed E-state index contributed by atoms with van der Waals surface area (Å²) in [5.41, 5.74) is -0.431. The Balaban J connectivity index is 1.47. The van der Waals surface area contributed by atoms with Gasteiger partial charge in [-0.15, -0.1) is 0 Å². The van der Waals surface area contributed by atoms with Crippen molar-refractivity contribution >= 4 is 5.91 Å². The van der Waals surface area contributed by atoms with Crippen LogP contribution in [0.2, 0.25) is 0 Å². The molecule has 1 aromatic rings. The average molecular weight is 338 g/mol. The van der Waals surface area contributed by atoms with Gasteiger partial charge in [0.15, 0.2) is 11.6 Å². The third-order valence-electron chi connectivity index (χ3n) is 5.17. The number of aliphatic hydroxyl groups is 1. The molecule has 3 rings (SSSR count). The van der Waals surface area contributed by atoms with E-state index < -0.39 is 17.2 Å². The van der Waals surface area contributed by atoms with Gasteiger partial charge in [-0.3, -0.25) is 9.69 Å². The van der Waals surface area contributed by atoms with Crippen LogP contribution in [-0.4, -0.2) is 40.6 Å². The largest absolute Gasteiger partial charge is 0.380 e. The number of piperidine rings is 1. The molecule has 1 saturated carbocycles. The fraction of sp³-hybridized carbons (Fsp3) is 0.611. The summed E-state index contributed by atoms with van der Waals surface area (Å²) in [4.78, 5) is 14.4. The summed E-state index contributed by atoms with van der Waals surface area (Å²) >= 11 is 0. The topological polar surface area (TPSA) is 52.6 Å². The smallest absolute Gasteiger partial charge is 0.252 e. The van der Waals surface area contributed by atoms with Crippen LogP contribution in [-0.2, 0) is 11.3 Å². The molecule has 1 aliphatic carbocycles. The maximum atomic E-state index is 13.3. The molecule has 132 valence electrons. The van der Waals surface area contributed by atoms with Crippen LogP contribution in [0.25, 0.3) is 0 Å². The molecule has 4 nitrogen and oxygen atoms in total. The normalized spacial score (nSPS) is 21.8. The highest BCUT2D eigenvalue weighted by Crippen LogP contribution is 2.30. The fourth-order valence-electron chi connectivity index (χ4n) is 3.64. The molecular weight excluding hydrogens is 314 g/mol. The minimum absolute atomic E-state index is 0.0725. The molecule has 0 aromatic heterocycles. The van der Waals surface area contributed by atoms with Gasteiger partial charge in [0.25, 0.3) is 5.91 Å². The van der Waals surface area contributed by atoms with Crippen LogP contribution >= 0.6 is 0 Å². The van der Waals surface area contributed by atoms with E-state index in [0.29, 0.717) is 19.4 Å². The van der Waals surface area contributed by atoms with Crippen molar-refractivity contribution in [2.45, 2.75) is 56.7 Å². The lowest BCUT2D eigenvalue weighted by Gasteiger charge is -2.34. The Morgan fingerprint density at radius 2 is 1.88 bits per heavy atom. The van der Waals surface area contributed by atoms with Crippen molar-refractivity contribution in [3.63, 3.8) is 0 Å². The van der Waals surface area contributed by atoms with E-state index in [4.69, 9.17) is 0 Å². The van der Waals surface area contributed by atoms with E-state index in [2.05, 4.69) is 10.2 Å². The zero-order valence-electron chi connectivity index (χ0n) is 13.7. The summed E-state index contributed by atoms with van der Waals surface area (Å²) in [6, 6.07) is 4.06. The maximum absolute atomic E-state index is 13.3. The Labute approximate surface area is 140 Å². The van der Waals surface area contributed by atoms with Crippen molar-refractivity contribution in [2.75, 3.05) is 13.1 Å². The highest BCUT2D eigenvalue weighted by atomic mass is 19.2. The zero-order chi connectivity index (χ0) is 17.2. The molecular formula is C18H24F2N2O2. The number of rotatable bonds is 4. The van der Waals surface area contributed by atoms with E-state index in [9.17, 15) is 18.7 Å². The molecule has 24 heavy (non-hydrogen) atoms. The number of nitrogens with zero attached hydrogens (tertiary/aromatic N) is 1. The fourth-order valence-corrected chi connectivity index (χ4v) is 3.64. The standard InChI is InChI=1S/C18H24F2N2O2/c19-15-4-3-13(11-16(15)20)12-22-9-5-14(6-10-22)21-17(23)18(24)7-1-2-8-18/h3-4,11,14,24H,1-2,5-10,12H2,(H,21,23). The number of carbonyl (C=O) groups is 1. The lowest BCUT2D eigenvalue weighted by atomic mass is 9.98. The van der Waals surface area contributed by atoms with Gasteiger partial charge in [0.05, 0.1) is 0 Å². The van der Waals surface area contributed by atoms with E-state index in [-0.39, 0.29) is 11.9 Å². The van der Waals surface area contributed by atoms with Crippen LogP contribution in [0.15, 0.2) is 18.2 Å². The second-order valence-corrected chi connectivity index (χ2v) is 7.01.